The minimum Gasteiger partial charge on any atom is -0.480 e. The van der Waals surface area contributed by atoms with Crippen molar-refractivity contribution in [3.05, 3.63) is 0 Å². The zero-order valence-corrected chi connectivity index (χ0v) is 18.6. The summed E-state index contributed by atoms with van der Waals surface area (Å²) in [7, 11) is 0. The van der Waals surface area contributed by atoms with Gasteiger partial charge >= 0.3 is 5.97 Å². The highest BCUT2D eigenvalue weighted by Crippen LogP contribution is 2.11. The highest BCUT2D eigenvalue weighted by molar-refractivity contribution is 7.80. The number of rotatable bonds is 13. The van der Waals surface area contributed by atoms with Crippen molar-refractivity contribution in [3.8, 4) is 0 Å². The summed E-state index contributed by atoms with van der Waals surface area (Å²) >= 11 is 3.95. The number of carboxylic acid groups (broad SMARTS) is 1. The Labute approximate surface area is 181 Å². The lowest BCUT2D eigenvalue weighted by molar-refractivity contribution is -0.144. The predicted molar refractivity (Wildman–Crippen MR) is 113 cm³/mol. The van der Waals surface area contributed by atoms with Gasteiger partial charge in [0.1, 0.15) is 18.1 Å². The van der Waals surface area contributed by atoms with Crippen molar-refractivity contribution >= 4 is 42.2 Å². The molecule has 11 nitrogen and oxygen atoms in total. The molecule has 4 amide bonds. The van der Waals surface area contributed by atoms with Crippen LogP contribution in [0.3, 0.4) is 0 Å². The van der Waals surface area contributed by atoms with Gasteiger partial charge in [0.2, 0.25) is 23.6 Å². The zero-order chi connectivity index (χ0) is 23.6. The van der Waals surface area contributed by atoms with E-state index in [1.54, 1.807) is 27.7 Å². The van der Waals surface area contributed by atoms with Gasteiger partial charge in [0, 0.05) is 5.75 Å². The fourth-order valence-electron chi connectivity index (χ4n) is 2.49. The van der Waals surface area contributed by atoms with E-state index in [4.69, 9.17) is 11.5 Å². The van der Waals surface area contributed by atoms with Gasteiger partial charge in [0.05, 0.1) is 12.5 Å². The molecule has 0 saturated carbocycles. The van der Waals surface area contributed by atoms with Crippen LogP contribution in [-0.2, 0) is 24.0 Å². The van der Waals surface area contributed by atoms with Crippen LogP contribution in [0.15, 0.2) is 0 Å². The van der Waals surface area contributed by atoms with Gasteiger partial charge in [0.25, 0.3) is 0 Å². The average Bonchev–Trinajstić information content (AvgIpc) is 2.66. The SMILES string of the molecule is CCC(C)C(NC(=O)C(NC(=O)C(N)CS)C(C)C)C(=O)NC(CC(N)=O)C(=O)O. The minimum atomic E-state index is -1.52. The molecule has 0 bridgehead atoms. The number of thiol groups is 1. The standard InChI is InChI=1S/C18H33N5O6S/c1-5-9(4)14(17(27)21-11(18(28)29)6-12(20)24)23-16(26)13(8(2)3)22-15(25)10(19)7-30/h8-11,13-14,30H,5-7,19H2,1-4H3,(H2,20,24)(H,21,27)(H,22,25)(H,23,26)(H,28,29). The fourth-order valence-corrected chi connectivity index (χ4v) is 2.65. The summed E-state index contributed by atoms with van der Waals surface area (Å²) in [6, 6.07) is -4.48. The summed E-state index contributed by atoms with van der Waals surface area (Å²) < 4.78 is 0. The van der Waals surface area contributed by atoms with Gasteiger partial charge in [-0.25, -0.2) is 4.79 Å². The van der Waals surface area contributed by atoms with Gasteiger partial charge in [-0.2, -0.15) is 12.6 Å². The normalized spacial score (nSPS) is 16.0. The second kappa shape index (κ2) is 13.1. The number of carbonyl (C=O) groups is 5. The van der Waals surface area contributed by atoms with Gasteiger partial charge in [-0.3, -0.25) is 19.2 Å². The van der Waals surface area contributed by atoms with Crippen LogP contribution in [0.4, 0.5) is 0 Å². The smallest absolute Gasteiger partial charge is 0.326 e. The van der Waals surface area contributed by atoms with E-state index in [2.05, 4.69) is 28.6 Å². The summed E-state index contributed by atoms with van der Waals surface area (Å²) in [4.78, 5) is 59.9. The molecule has 0 aliphatic rings. The van der Waals surface area contributed by atoms with E-state index in [0.717, 1.165) is 0 Å². The van der Waals surface area contributed by atoms with E-state index < -0.39 is 60.2 Å². The molecule has 0 fully saturated rings. The summed E-state index contributed by atoms with van der Waals surface area (Å²) in [6.45, 7) is 6.92. The first kappa shape index (κ1) is 27.7. The number of hydrogen-bond acceptors (Lipinski definition) is 7. The van der Waals surface area contributed by atoms with E-state index in [9.17, 15) is 29.1 Å². The quantitative estimate of drug-likeness (QED) is 0.164. The molecule has 0 aromatic heterocycles. The number of nitrogens with two attached hydrogens (primary N) is 2. The second-order valence-electron chi connectivity index (χ2n) is 7.46. The van der Waals surface area contributed by atoms with Crippen LogP contribution in [0.25, 0.3) is 0 Å². The Balaban J connectivity index is 5.49. The summed E-state index contributed by atoms with van der Waals surface area (Å²) in [5.74, 6) is -4.86. The molecule has 0 aromatic carbocycles. The third-order valence-electron chi connectivity index (χ3n) is 4.59. The van der Waals surface area contributed by atoms with Crippen LogP contribution in [-0.4, -0.2) is 64.6 Å². The first-order valence-corrected chi connectivity index (χ1v) is 10.3. The van der Waals surface area contributed by atoms with Crippen molar-refractivity contribution < 1.29 is 29.1 Å². The summed E-state index contributed by atoms with van der Waals surface area (Å²) in [6.07, 6.45) is -0.0936. The molecule has 0 saturated heterocycles. The molecule has 172 valence electrons. The first-order chi connectivity index (χ1) is 13.8. The molecule has 0 aromatic rings. The Morgan fingerprint density at radius 2 is 1.43 bits per heavy atom. The highest BCUT2D eigenvalue weighted by atomic mass is 32.1. The molecule has 5 atom stereocenters. The Kier molecular flexibility index (Phi) is 12.0. The largest absolute Gasteiger partial charge is 0.480 e. The maximum absolute atomic E-state index is 12.8. The molecule has 0 rings (SSSR count). The van der Waals surface area contributed by atoms with Crippen LogP contribution in [0.2, 0.25) is 0 Å². The van der Waals surface area contributed by atoms with Crippen molar-refractivity contribution in [2.75, 3.05) is 5.75 Å². The van der Waals surface area contributed by atoms with Crippen molar-refractivity contribution in [3.63, 3.8) is 0 Å². The minimum absolute atomic E-state index is 0.0899. The monoisotopic (exact) mass is 447 g/mol. The number of carboxylic acids is 1. The third-order valence-corrected chi connectivity index (χ3v) is 4.99. The van der Waals surface area contributed by atoms with Gasteiger partial charge in [-0.15, -0.1) is 0 Å². The fraction of sp³-hybridized carbons (Fsp3) is 0.722. The third kappa shape index (κ3) is 8.99. The van der Waals surface area contributed by atoms with E-state index in [0.29, 0.717) is 6.42 Å². The van der Waals surface area contributed by atoms with Crippen molar-refractivity contribution in [1.82, 2.24) is 16.0 Å². The van der Waals surface area contributed by atoms with Gasteiger partial charge in [0.15, 0.2) is 0 Å². The number of primary amides is 1. The zero-order valence-electron chi connectivity index (χ0n) is 17.7. The van der Waals surface area contributed by atoms with Crippen LogP contribution in [0.1, 0.15) is 40.5 Å². The van der Waals surface area contributed by atoms with Crippen LogP contribution < -0.4 is 27.4 Å². The molecule has 5 unspecified atom stereocenters. The lowest BCUT2D eigenvalue weighted by Gasteiger charge is -2.29. The maximum atomic E-state index is 12.8. The van der Waals surface area contributed by atoms with Crippen molar-refractivity contribution in [1.29, 1.82) is 0 Å². The molecule has 0 aliphatic carbocycles. The highest BCUT2D eigenvalue weighted by Gasteiger charge is 2.34. The van der Waals surface area contributed by atoms with Crippen LogP contribution >= 0.6 is 12.6 Å². The molecule has 8 N–H and O–H groups in total. The van der Waals surface area contributed by atoms with E-state index >= 15 is 0 Å². The molecule has 0 spiro atoms. The van der Waals surface area contributed by atoms with E-state index in [-0.39, 0.29) is 17.6 Å². The molecule has 0 radical (unpaired) electrons. The molecule has 0 heterocycles. The Morgan fingerprint density at radius 3 is 1.83 bits per heavy atom. The lowest BCUT2D eigenvalue weighted by Crippen LogP contribution is -2.60. The van der Waals surface area contributed by atoms with Crippen molar-refractivity contribution in [2.45, 2.75) is 64.7 Å². The van der Waals surface area contributed by atoms with E-state index in [1.165, 1.54) is 0 Å². The molecular weight excluding hydrogens is 414 g/mol. The number of carbonyl (C=O) groups excluding carboxylic acids is 4. The summed E-state index contributed by atoms with van der Waals surface area (Å²) in [5, 5.41) is 16.5. The number of aliphatic carboxylic acids is 1. The van der Waals surface area contributed by atoms with E-state index in [1.807, 2.05) is 0 Å². The van der Waals surface area contributed by atoms with Gasteiger partial charge < -0.3 is 32.5 Å². The molecule has 12 heteroatoms. The molecular formula is C18H33N5O6S. The maximum Gasteiger partial charge on any atom is 0.326 e. The topological polar surface area (TPSA) is 194 Å². The van der Waals surface area contributed by atoms with Crippen LogP contribution in [0.5, 0.6) is 0 Å². The number of amides is 4. The van der Waals surface area contributed by atoms with Gasteiger partial charge in [-0.05, 0) is 11.8 Å². The lowest BCUT2D eigenvalue weighted by atomic mass is 9.96. The number of nitrogens with one attached hydrogen (secondary N) is 3. The molecule has 0 aliphatic heterocycles. The Morgan fingerprint density at radius 1 is 0.933 bits per heavy atom. The predicted octanol–water partition coefficient (Wildman–Crippen LogP) is -1.64. The number of hydrogen-bond donors (Lipinski definition) is 7. The second-order valence-corrected chi connectivity index (χ2v) is 7.83. The summed E-state index contributed by atoms with van der Waals surface area (Å²) in [5.41, 5.74) is 10.7. The molecule has 30 heavy (non-hydrogen) atoms. The van der Waals surface area contributed by atoms with Crippen LogP contribution in [0, 0.1) is 11.8 Å². The average molecular weight is 448 g/mol. The Bertz CT molecular complexity index is 645. The Hall–Kier alpha value is -2.34. The van der Waals surface area contributed by atoms with Crippen molar-refractivity contribution in [2.24, 2.45) is 23.3 Å². The first-order valence-electron chi connectivity index (χ1n) is 9.64. The van der Waals surface area contributed by atoms with Gasteiger partial charge in [-0.1, -0.05) is 34.1 Å².